The molecular weight excluding hydrogens is 633 g/mol. The highest BCUT2D eigenvalue weighted by Gasteiger charge is 2.51. The Hall–Kier alpha value is -6.91. The van der Waals surface area contributed by atoms with E-state index >= 15 is 0 Å². The highest BCUT2D eigenvalue weighted by atomic mass is 15.0. The Bertz CT molecular complexity index is 3070. The summed E-state index contributed by atoms with van der Waals surface area (Å²) in [5.41, 5.74) is 17.7. The van der Waals surface area contributed by atoms with Gasteiger partial charge in [0.1, 0.15) is 5.65 Å². The molecule has 2 aliphatic carbocycles. The summed E-state index contributed by atoms with van der Waals surface area (Å²) in [6.45, 7) is 0. The first-order valence-electron chi connectivity index (χ1n) is 17.8. The van der Waals surface area contributed by atoms with E-state index in [1.807, 2.05) is 6.07 Å². The van der Waals surface area contributed by atoms with Crippen molar-refractivity contribution in [1.29, 1.82) is 0 Å². The molecule has 52 heavy (non-hydrogen) atoms. The summed E-state index contributed by atoms with van der Waals surface area (Å²) in [5, 5.41) is 2.02. The summed E-state index contributed by atoms with van der Waals surface area (Å²) in [7, 11) is 0. The summed E-state index contributed by atoms with van der Waals surface area (Å²) in [4.78, 5) is 16.1. The van der Waals surface area contributed by atoms with Crippen molar-refractivity contribution < 1.29 is 0 Å². The summed E-state index contributed by atoms with van der Waals surface area (Å²) < 4.78 is 2.29. The molecule has 0 saturated heterocycles. The van der Waals surface area contributed by atoms with E-state index in [4.69, 9.17) is 15.0 Å². The van der Waals surface area contributed by atoms with Crippen LogP contribution in [0.1, 0.15) is 22.3 Å². The van der Waals surface area contributed by atoms with Gasteiger partial charge in [0, 0.05) is 16.5 Å². The van der Waals surface area contributed by atoms with Crippen LogP contribution in [0.4, 0.5) is 0 Å². The molecule has 0 radical (unpaired) electrons. The minimum Gasteiger partial charge on any atom is -0.292 e. The van der Waals surface area contributed by atoms with Crippen LogP contribution in [0.2, 0.25) is 0 Å². The van der Waals surface area contributed by atoms with Crippen LogP contribution in [0.5, 0.6) is 0 Å². The summed E-state index contributed by atoms with van der Waals surface area (Å²) in [6, 6.07) is 61.1. The molecule has 0 saturated carbocycles. The molecule has 0 aliphatic heterocycles. The third kappa shape index (κ3) is 3.43. The van der Waals surface area contributed by atoms with Crippen molar-refractivity contribution in [3.8, 4) is 44.9 Å². The number of hydrogen-bond donors (Lipinski definition) is 0. The molecule has 4 nitrogen and oxygen atoms in total. The van der Waals surface area contributed by atoms with Crippen molar-refractivity contribution in [2.75, 3.05) is 0 Å². The first-order valence-corrected chi connectivity index (χ1v) is 17.8. The summed E-state index contributed by atoms with van der Waals surface area (Å²) in [5.74, 6) is 0.698. The van der Waals surface area contributed by atoms with Gasteiger partial charge >= 0.3 is 0 Å². The Morgan fingerprint density at radius 1 is 0.423 bits per heavy atom. The molecule has 240 valence electrons. The number of pyridine rings is 1. The predicted octanol–water partition coefficient (Wildman–Crippen LogP) is 11.3. The van der Waals surface area contributed by atoms with Gasteiger partial charge in [-0.3, -0.25) is 4.40 Å². The largest absolute Gasteiger partial charge is 0.292 e. The Balaban J connectivity index is 1.25. The smallest absolute Gasteiger partial charge is 0.160 e. The minimum absolute atomic E-state index is 0.454. The molecule has 4 heteroatoms. The van der Waals surface area contributed by atoms with Crippen molar-refractivity contribution in [2.24, 2.45) is 0 Å². The molecule has 12 rings (SSSR count). The first-order chi connectivity index (χ1) is 25.8. The predicted molar refractivity (Wildman–Crippen MR) is 210 cm³/mol. The Kier molecular flexibility index (Phi) is 5.40. The van der Waals surface area contributed by atoms with E-state index in [1.54, 1.807) is 0 Å². The highest BCUT2D eigenvalue weighted by Crippen LogP contribution is 2.63. The van der Waals surface area contributed by atoms with E-state index in [-0.39, 0.29) is 0 Å². The molecular formula is C48H28N4. The Morgan fingerprint density at radius 3 is 1.71 bits per heavy atom. The van der Waals surface area contributed by atoms with Crippen LogP contribution in [-0.2, 0) is 5.41 Å². The Labute approximate surface area is 299 Å². The Morgan fingerprint density at radius 2 is 1.00 bits per heavy atom. The zero-order valence-electron chi connectivity index (χ0n) is 28.0. The van der Waals surface area contributed by atoms with Crippen molar-refractivity contribution >= 4 is 38.5 Å². The van der Waals surface area contributed by atoms with Crippen molar-refractivity contribution in [3.05, 3.63) is 192 Å². The number of fused-ring (bicyclic) bond motifs is 18. The molecule has 3 aromatic heterocycles. The molecule has 10 aromatic rings. The fourth-order valence-electron chi connectivity index (χ4n) is 9.34. The number of aromatic nitrogens is 4. The van der Waals surface area contributed by atoms with E-state index < -0.39 is 5.41 Å². The maximum Gasteiger partial charge on any atom is 0.160 e. The second-order valence-corrected chi connectivity index (χ2v) is 13.9. The van der Waals surface area contributed by atoms with Gasteiger partial charge in [-0.1, -0.05) is 146 Å². The quantitative estimate of drug-likeness (QED) is 0.173. The average Bonchev–Trinajstić information content (AvgIpc) is 3.85. The number of hydrogen-bond acceptors (Lipinski definition) is 3. The van der Waals surface area contributed by atoms with E-state index in [1.165, 1.54) is 44.5 Å². The molecule has 3 heterocycles. The van der Waals surface area contributed by atoms with Gasteiger partial charge in [-0.2, -0.15) is 0 Å². The summed E-state index contributed by atoms with van der Waals surface area (Å²) >= 11 is 0. The molecule has 0 amide bonds. The van der Waals surface area contributed by atoms with E-state index in [0.717, 1.165) is 55.3 Å². The second kappa shape index (κ2) is 10.1. The van der Waals surface area contributed by atoms with E-state index in [2.05, 4.69) is 168 Å². The van der Waals surface area contributed by atoms with Crippen molar-refractivity contribution in [3.63, 3.8) is 0 Å². The monoisotopic (exact) mass is 660 g/mol. The van der Waals surface area contributed by atoms with E-state index in [0.29, 0.717) is 5.82 Å². The third-order valence-corrected chi connectivity index (χ3v) is 11.4. The lowest BCUT2D eigenvalue weighted by Crippen LogP contribution is -2.25. The molecule has 0 N–H and O–H groups in total. The molecule has 2 aliphatic rings. The normalized spacial score (nSPS) is 13.5. The molecule has 1 spiro atoms. The van der Waals surface area contributed by atoms with Crippen LogP contribution in [-0.4, -0.2) is 19.4 Å². The number of rotatable bonds is 2. The van der Waals surface area contributed by atoms with Crippen molar-refractivity contribution in [2.45, 2.75) is 5.41 Å². The average molecular weight is 661 g/mol. The van der Waals surface area contributed by atoms with Gasteiger partial charge in [0.05, 0.1) is 38.6 Å². The molecule has 0 unspecified atom stereocenters. The minimum atomic E-state index is -0.454. The zero-order valence-corrected chi connectivity index (χ0v) is 28.0. The number of benzene rings is 7. The van der Waals surface area contributed by atoms with Gasteiger partial charge in [-0.15, -0.1) is 0 Å². The lowest BCUT2D eigenvalue weighted by atomic mass is 9.70. The number of imidazole rings is 1. The fourth-order valence-corrected chi connectivity index (χ4v) is 9.34. The maximum absolute atomic E-state index is 5.48. The summed E-state index contributed by atoms with van der Waals surface area (Å²) in [6.07, 6.45) is 0. The van der Waals surface area contributed by atoms with Gasteiger partial charge in [-0.25, -0.2) is 15.0 Å². The van der Waals surface area contributed by atoms with Gasteiger partial charge in [0.2, 0.25) is 0 Å². The fraction of sp³-hybridized carbons (Fsp3) is 0.0208. The van der Waals surface area contributed by atoms with Crippen LogP contribution in [0.3, 0.4) is 0 Å². The molecule has 0 atom stereocenters. The highest BCUT2D eigenvalue weighted by molar-refractivity contribution is 6.16. The van der Waals surface area contributed by atoms with Gasteiger partial charge in [0.15, 0.2) is 5.82 Å². The SMILES string of the molecule is c1ccc(-c2nc(-c3ccc4c(c3)C3(c5ccccc5-c5ccccc53)c3ccccc3-4)c3c(n2)c2ccccc2n2c4ccccc4nc32)cc1. The van der Waals surface area contributed by atoms with Crippen LogP contribution in [0, 0.1) is 0 Å². The number of para-hydroxylation sites is 3. The topological polar surface area (TPSA) is 43.1 Å². The number of nitrogens with zero attached hydrogens (tertiary/aromatic N) is 4. The van der Waals surface area contributed by atoms with E-state index in [9.17, 15) is 0 Å². The van der Waals surface area contributed by atoms with Gasteiger partial charge in [0.25, 0.3) is 0 Å². The standard InChI is InChI=1S/C48H28N4/c1-2-14-29(15-3-1)46-50-44(43-45(51-46)35-19-7-12-24-41(35)52-42-25-13-11-23-40(42)49-47(43)52)30-26-27-34-33-18-6-10-22-38(33)48(39(34)28-30)36-20-8-4-16-31(36)32-17-5-9-21-37(32)48/h1-28H. The molecule has 0 fully saturated rings. The van der Waals surface area contributed by atoms with Crippen molar-refractivity contribution in [1.82, 2.24) is 19.4 Å². The lowest BCUT2D eigenvalue weighted by Gasteiger charge is -2.30. The van der Waals surface area contributed by atoms with Gasteiger partial charge in [-0.05, 0) is 68.8 Å². The zero-order chi connectivity index (χ0) is 34.0. The maximum atomic E-state index is 5.48. The second-order valence-electron chi connectivity index (χ2n) is 13.9. The van der Waals surface area contributed by atoms with Crippen LogP contribution < -0.4 is 0 Å². The van der Waals surface area contributed by atoms with Crippen LogP contribution in [0.15, 0.2) is 170 Å². The van der Waals surface area contributed by atoms with Gasteiger partial charge < -0.3 is 0 Å². The molecule has 7 aromatic carbocycles. The third-order valence-electron chi connectivity index (χ3n) is 11.4. The molecule has 0 bridgehead atoms. The van der Waals surface area contributed by atoms with Crippen LogP contribution in [0.25, 0.3) is 83.4 Å². The lowest BCUT2D eigenvalue weighted by molar-refractivity contribution is 0.794. The first kappa shape index (κ1) is 27.9. The van der Waals surface area contributed by atoms with Crippen LogP contribution >= 0.6 is 0 Å².